The first-order chi connectivity index (χ1) is 10.2. The van der Waals surface area contributed by atoms with E-state index in [0.29, 0.717) is 26.1 Å². The largest absolute Gasteiger partial charge is 0.391 e. The van der Waals surface area contributed by atoms with E-state index in [1.54, 1.807) is 0 Å². The standard InChI is InChI=1S/C16H22N2O3.ClH/c19-14-10-17-8-12(14)9-18-16(20)7-15-13-4-2-1-3-11(13)5-6-21-15;/h1-4,12,14-15,17,19H,5-10H2,(H,18,20);1H. The van der Waals surface area contributed by atoms with Crippen molar-refractivity contribution in [1.82, 2.24) is 10.6 Å². The number of hydrogen-bond donors (Lipinski definition) is 3. The van der Waals surface area contributed by atoms with Crippen LogP contribution in [0.15, 0.2) is 24.3 Å². The molecule has 1 aromatic rings. The molecule has 0 saturated carbocycles. The first-order valence-corrected chi connectivity index (χ1v) is 7.59. The number of rotatable bonds is 4. The lowest BCUT2D eigenvalue weighted by Crippen LogP contribution is -2.35. The van der Waals surface area contributed by atoms with Crippen molar-refractivity contribution < 1.29 is 14.6 Å². The molecule has 3 N–H and O–H groups in total. The summed E-state index contributed by atoms with van der Waals surface area (Å²) in [6.45, 7) is 2.55. The number of aliphatic hydroxyl groups excluding tert-OH is 1. The van der Waals surface area contributed by atoms with Gasteiger partial charge in [-0.05, 0) is 17.5 Å². The number of carbonyl (C=O) groups excluding carboxylic acids is 1. The van der Waals surface area contributed by atoms with E-state index in [0.717, 1.165) is 18.5 Å². The highest BCUT2D eigenvalue weighted by molar-refractivity contribution is 5.85. The summed E-state index contributed by atoms with van der Waals surface area (Å²) < 4.78 is 5.75. The number of benzene rings is 1. The lowest BCUT2D eigenvalue weighted by atomic mass is 9.95. The summed E-state index contributed by atoms with van der Waals surface area (Å²) in [5.74, 6) is 0.0873. The summed E-state index contributed by atoms with van der Waals surface area (Å²) >= 11 is 0. The SMILES string of the molecule is Cl.O=C(CC1OCCc2ccccc21)NCC1CNCC1O. The van der Waals surface area contributed by atoms with Gasteiger partial charge in [-0.1, -0.05) is 24.3 Å². The van der Waals surface area contributed by atoms with Gasteiger partial charge in [0, 0.05) is 25.6 Å². The van der Waals surface area contributed by atoms with Gasteiger partial charge >= 0.3 is 0 Å². The van der Waals surface area contributed by atoms with E-state index in [9.17, 15) is 9.90 Å². The summed E-state index contributed by atoms with van der Waals surface area (Å²) in [6.07, 6.45) is 0.736. The molecule has 0 radical (unpaired) electrons. The van der Waals surface area contributed by atoms with Crippen LogP contribution in [0.4, 0.5) is 0 Å². The third kappa shape index (κ3) is 3.98. The van der Waals surface area contributed by atoms with Gasteiger partial charge in [0.15, 0.2) is 0 Å². The second-order valence-electron chi connectivity index (χ2n) is 5.80. The van der Waals surface area contributed by atoms with Gasteiger partial charge < -0.3 is 20.5 Å². The molecule has 3 rings (SSSR count). The molecule has 122 valence electrons. The summed E-state index contributed by atoms with van der Waals surface area (Å²) in [7, 11) is 0. The van der Waals surface area contributed by atoms with Crippen LogP contribution in [0.2, 0.25) is 0 Å². The maximum absolute atomic E-state index is 12.1. The number of nitrogens with one attached hydrogen (secondary N) is 2. The minimum absolute atomic E-state index is 0. The molecule has 5 nitrogen and oxygen atoms in total. The molecule has 3 unspecified atom stereocenters. The van der Waals surface area contributed by atoms with Crippen molar-refractivity contribution in [3.8, 4) is 0 Å². The fourth-order valence-corrected chi connectivity index (χ4v) is 3.06. The van der Waals surface area contributed by atoms with Gasteiger partial charge in [-0.15, -0.1) is 12.4 Å². The molecule has 1 aromatic carbocycles. The fraction of sp³-hybridized carbons (Fsp3) is 0.562. The number of hydrogen-bond acceptors (Lipinski definition) is 4. The Morgan fingerprint density at radius 3 is 2.95 bits per heavy atom. The summed E-state index contributed by atoms with van der Waals surface area (Å²) in [5.41, 5.74) is 2.40. The average Bonchev–Trinajstić information content (AvgIpc) is 2.91. The minimum atomic E-state index is -0.364. The van der Waals surface area contributed by atoms with Crippen molar-refractivity contribution >= 4 is 18.3 Å². The zero-order valence-electron chi connectivity index (χ0n) is 12.5. The molecule has 6 heteroatoms. The van der Waals surface area contributed by atoms with Gasteiger partial charge in [-0.25, -0.2) is 0 Å². The Balaban J connectivity index is 0.00000176. The molecule has 0 aromatic heterocycles. The number of aliphatic hydroxyl groups is 1. The van der Waals surface area contributed by atoms with Crippen LogP contribution in [0.1, 0.15) is 23.7 Å². The second-order valence-corrected chi connectivity index (χ2v) is 5.80. The Hall–Kier alpha value is -1.14. The summed E-state index contributed by atoms with van der Waals surface area (Å²) in [6, 6.07) is 8.15. The van der Waals surface area contributed by atoms with Crippen LogP contribution in [0.25, 0.3) is 0 Å². The molecule has 2 aliphatic rings. The molecule has 2 aliphatic heterocycles. The van der Waals surface area contributed by atoms with E-state index in [1.807, 2.05) is 18.2 Å². The Morgan fingerprint density at radius 1 is 1.36 bits per heavy atom. The zero-order valence-corrected chi connectivity index (χ0v) is 13.3. The van der Waals surface area contributed by atoms with E-state index in [-0.39, 0.29) is 36.4 Å². The molecule has 22 heavy (non-hydrogen) atoms. The van der Waals surface area contributed by atoms with Crippen LogP contribution < -0.4 is 10.6 Å². The highest BCUT2D eigenvalue weighted by Crippen LogP contribution is 2.29. The number of fused-ring (bicyclic) bond motifs is 1. The van der Waals surface area contributed by atoms with E-state index in [1.165, 1.54) is 5.56 Å². The quantitative estimate of drug-likeness (QED) is 0.766. The molecule has 2 heterocycles. The van der Waals surface area contributed by atoms with Gasteiger partial charge in [-0.3, -0.25) is 4.79 Å². The Morgan fingerprint density at radius 2 is 2.18 bits per heavy atom. The molecule has 1 saturated heterocycles. The Kier molecular flexibility index (Phi) is 6.20. The van der Waals surface area contributed by atoms with E-state index >= 15 is 0 Å². The second kappa shape index (κ2) is 7.92. The smallest absolute Gasteiger partial charge is 0.222 e. The topological polar surface area (TPSA) is 70.6 Å². The van der Waals surface area contributed by atoms with Crippen molar-refractivity contribution in [3.05, 3.63) is 35.4 Å². The molecule has 0 aliphatic carbocycles. The van der Waals surface area contributed by atoms with Crippen LogP contribution in [0.3, 0.4) is 0 Å². The maximum Gasteiger partial charge on any atom is 0.222 e. The Bertz CT molecular complexity index is 512. The normalized spacial score (nSPS) is 26.9. The van der Waals surface area contributed by atoms with E-state index < -0.39 is 0 Å². The number of ether oxygens (including phenoxy) is 1. The van der Waals surface area contributed by atoms with Gasteiger partial charge in [0.25, 0.3) is 0 Å². The van der Waals surface area contributed by atoms with Gasteiger partial charge in [0.2, 0.25) is 5.91 Å². The molecule has 1 amide bonds. The predicted molar refractivity (Wildman–Crippen MR) is 86.1 cm³/mol. The van der Waals surface area contributed by atoms with Crippen molar-refractivity contribution in [3.63, 3.8) is 0 Å². The Labute approximate surface area is 136 Å². The first-order valence-electron chi connectivity index (χ1n) is 7.59. The summed E-state index contributed by atoms with van der Waals surface area (Å²) in [4.78, 5) is 12.1. The molecular weight excluding hydrogens is 304 g/mol. The van der Waals surface area contributed by atoms with Crippen molar-refractivity contribution in [2.24, 2.45) is 5.92 Å². The van der Waals surface area contributed by atoms with E-state index in [4.69, 9.17) is 4.74 Å². The number of β-amino-alcohol motifs (C(OH)–C–C–N with tert-alkyl or cyclic N) is 1. The lowest BCUT2D eigenvalue weighted by Gasteiger charge is -2.26. The molecular formula is C16H23ClN2O3. The third-order valence-electron chi connectivity index (χ3n) is 4.33. The van der Waals surface area contributed by atoms with Gasteiger partial charge in [0.1, 0.15) is 0 Å². The van der Waals surface area contributed by atoms with Crippen LogP contribution >= 0.6 is 12.4 Å². The predicted octanol–water partition coefficient (Wildman–Crippen LogP) is 0.809. The highest BCUT2D eigenvalue weighted by atomic mass is 35.5. The monoisotopic (exact) mass is 326 g/mol. The molecule has 1 fully saturated rings. The van der Waals surface area contributed by atoms with Crippen LogP contribution in [-0.2, 0) is 16.0 Å². The summed E-state index contributed by atoms with van der Waals surface area (Å²) in [5, 5.41) is 15.7. The van der Waals surface area contributed by atoms with Crippen molar-refractivity contribution in [2.45, 2.75) is 25.0 Å². The third-order valence-corrected chi connectivity index (χ3v) is 4.33. The fourth-order valence-electron chi connectivity index (χ4n) is 3.06. The average molecular weight is 327 g/mol. The molecule has 3 atom stereocenters. The minimum Gasteiger partial charge on any atom is -0.391 e. The zero-order chi connectivity index (χ0) is 14.7. The van der Waals surface area contributed by atoms with Crippen LogP contribution in [0.5, 0.6) is 0 Å². The maximum atomic E-state index is 12.1. The van der Waals surface area contributed by atoms with Gasteiger partial charge in [0.05, 0.1) is 25.2 Å². The highest BCUT2D eigenvalue weighted by Gasteiger charge is 2.26. The number of amides is 1. The number of carbonyl (C=O) groups is 1. The van der Waals surface area contributed by atoms with Crippen molar-refractivity contribution in [1.29, 1.82) is 0 Å². The van der Waals surface area contributed by atoms with Crippen LogP contribution in [0, 0.1) is 5.92 Å². The lowest BCUT2D eigenvalue weighted by molar-refractivity contribution is -0.124. The number of halogens is 1. The molecule has 0 bridgehead atoms. The van der Waals surface area contributed by atoms with Crippen molar-refractivity contribution in [2.75, 3.05) is 26.2 Å². The van der Waals surface area contributed by atoms with Gasteiger partial charge in [-0.2, -0.15) is 0 Å². The first kappa shape index (κ1) is 17.2. The van der Waals surface area contributed by atoms with Crippen LogP contribution in [-0.4, -0.2) is 43.4 Å². The molecule has 0 spiro atoms. The van der Waals surface area contributed by atoms with E-state index in [2.05, 4.69) is 16.7 Å².